The van der Waals surface area contributed by atoms with E-state index in [0.29, 0.717) is 16.8 Å². The fourth-order valence-corrected chi connectivity index (χ4v) is 6.12. The summed E-state index contributed by atoms with van der Waals surface area (Å²) >= 11 is 0. The van der Waals surface area contributed by atoms with Crippen molar-refractivity contribution in [3.05, 3.63) is 173 Å². The second kappa shape index (κ2) is 12.2. The van der Waals surface area contributed by atoms with Gasteiger partial charge in [-0.1, -0.05) is 109 Å². The molecule has 224 valence electrons. The van der Waals surface area contributed by atoms with E-state index in [0.717, 1.165) is 27.5 Å². The van der Waals surface area contributed by atoms with E-state index in [-0.39, 0.29) is 12.3 Å². The van der Waals surface area contributed by atoms with Gasteiger partial charge in [-0.15, -0.1) is 0 Å². The Morgan fingerprint density at radius 3 is 1.82 bits per heavy atom. The molecule has 0 aliphatic rings. The average molecular weight is 596 g/mol. The van der Waals surface area contributed by atoms with Gasteiger partial charge >= 0.3 is 5.97 Å². The van der Waals surface area contributed by atoms with Gasteiger partial charge in [-0.25, -0.2) is 4.98 Å². The molecule has 1 aromatic heterocycles. The van der Waals surface area contributed by atoms with E-state index in [1.54, 1.807) is 31.6 Å². The van der Waals surface area contributed by atoms with E-state index >= 15 is 0 Å². The Morgan fingerprint density at radius 1 is 0.756 bits per heavy atom. The molecule has 0 fully saturated rings. The molecular formula is C38H33N3O4. The molecule has 0 spiro atoms. The summed E-state index contributed by atoms with van der Waals surface area (Å²) in [6, 6.07) is 41.2. The Morgan fingerprint density at radius 2 is 1.29 bits per heavy atom. The first-order valence-corrected chi connectivity index (χ1v) is 14.7. The lowest BCUT2D eigenvalue weighted by Gasteiger charge is -2.37. The summed E-state index contributed by atoms with van der Waals surface area (Å²) < 4.78 is 7.04. The highest BCUT2D eigenvalue weighted by Gasteiger charge is 2.42. The number of hydrogen-bond acceptors (Lipinski definition) is 5. The Labute approximate surface area is 261 Å². The SMILES string of the molecule is CNC(=O)c1ccc2cc([C@@](O)(CC(=O)OC)c3cn(C(c4ccccc4)(c4ccccc4)c4ccccc4)cn3)ccc2c1. The number of carbonyl (C=O) groups is 2. The van der Waals surface area contributed by atoms with Crippen molar-refractivity contribution >= 4 is 22.6 Å². The van der Waals surface area contributed by atoms with E-state index in [1.807, 2.05) is 83.6 Å². The number of nitrogens with zero attached hydrogens (tertiary/aromatic N) is 2. The highest BCUT2D eigenvalue weighted by Crippen LogP contribution is 2.42. The van der Waals surface area contributed by atoms with Crippen LogP contribution < -0.4 is 5.32 Å². The quantitative estimate of drug-likeness (QED) is 0.157. The van der Waals surface area contributed by atoms with Gasteiger partial charge in [0.2, 0.25) is 0 Å². The van der Waals surface area contributed by atoms with Crippen LogP contribution in [0, 0.1) is 0 Å². The summed E-state index contributed by atoms with van der Waals surface area (Å²) in [6.45, 7) is 0. The van der Waals surface area contributed by atoms with Gasteiger partial charge in [0, 0.05) is 18.8 Å². The second-order valence-electron chi connectivity index (χ2n) is 10.9. The van der Waals surface area contributed by atoms with Crippen LogP contribution in [0.25, 0.3) is 10.8 Å². The van der Waals surface area contributed by atoms with Crippen LogP contribution in [0.1, 0.15) is 44.7 Å². The first-order valence-electron chi connectivity index (χ1n) is 14.7. The minimum absolute atomic E-state index is 0.188. The molecule has 0 unspecified atom stereocenters. The van der Waals surface area contributed by atoms with E-state index in [1.165, 1.54) is 7.11 Å². The second-order valence-corrected chi connectivity index (χ2v) is 10.9. The molecule has 0 aliphatic heterocycles. The van der Waals surface area contributed by atoms with Crippen LogP contribution in [0.2, 0.25) is 0 Å². The number of esters is 1. The number of amides is 1. The standard InChI is InChI=1S/C38H33N3O4/c1-39-36(43)29-19-18-28-23-33(21-20-27(28)22-29)37(44,24-35(42)45-2)34-25-41(26-40-34)38(30-12-6-3-7-13-30,31-14-8-4-9-15-31)32-16-10-5-11-17-32/h3-23,25-26,44H,24H2,1-2H3,(H,39,43)/t37-/m0/s1. The van der Waals surface area contributed by atoms with Crippen molar-refractivity contribution in [3.8, 4) is 0 Å². The predicted molar refractivity (Wildman–Crippen MR) is 174 cm³/mol. The van der Waals surface area contributed by atoms with Gasteiger partial charge < -0.3 is 19.7 Å². The molecule has 6 aromatic rings. The molecule has 1 heterocycles. The number of nitrogens with one attached hydrogen (secondary N) is 1. The molecule has 1 atom stereocenters. The molecule has 0 aliphatic carbocycles. The molecule has 5 aromatic carbocycles. The monoisotopic (exact) mass is 595 g/mol. The summed E-state index contributed by atoms with van der Waals surface area (Å²) in [7, 11) is 2.89. The van der Waals surface area contributed by atoms with Gasteiger partial charge in [-0.3, -0.25) is 9.59 Å². The lowest BCUT2D eigenvalue weighted by atomic mass is 9.76. The third-order valence-electron chi connectivity index (χ3n) is 8.40. The van der Waals surface area contributed by atoms with Gasteiger partial charge in [0.25, 0.3) is 5.91 Å². The number of fused-ring (bicyclic) bond motifs is 1. The van der Waals surface area contributed by atoms with Gasteiger partial charge in [0.15, 0.2) is 0 Å². The fraction of sp³-hybridized carbons (Fsp3) is 0.132. The van der Waals surface area contributed by atoms with Crippen molar-refractivity contribution in [2.45, 2.75) is 17.6 Å². The van der Waals surface area contributed by atoms with Crippen molar-refractivity contribution in [2.75, 3.05) is 14.2 Å². The van der Waals surface area contributed by atoms with Crippen molar-refractivity contribution in [1.82, 2.24) is 14.9 Å². The summed E-state index contributed by atoms with van der Waals surface area (Å²) in [6.07, 6.45) is 3.17. The van der Waals surface area contributed by atoms with E-state index in [9.17, 15) is 14.7 Å². The van der Waals surface area contributed by atoms with E-state index in [2.05, 4.69) is 41.7 Å². The molecule has 0 saturated carbocycles. The minimum Gasteiger partial charge on any atom is -0.469 e. The molecule has 7 heteroatoms. The number of ether oxygens (including phenoxy) is 1. The Bertz CT molecular complexity index is 1860. The molecule has 0 radical (unpaired) electrons. The van der Waals surface area contributed by atoms with Crippen LogP contribution in [-0.2, 0) is 20.7 Å². The number of methoxy groups -OCH3 is 1. The van der Waals surface area contributed by atoms with Crippen LogP contribution >= 0.6 is 0 Å². The number of aliphatic hydroxyl groups is 1. The third kappa shape index (κ3) is 5.28. The lowest BCUT2D eigenvalue weighted by molar-refractivity contribution is -0.145. The van der Waals surface area contributed by atoms with Crippen LogP contribution in [0.5, 0.6) is 0 Å². The van der Waals surface area contributed by atoms with Crippen molar-refractivity contribution in [3.63, 3.8) is 0 Å². The Balaban J connectivity index is 1.56. The zero-order valence-electron chi connectivity index (χ0n) is 25.1. The zero-order chi connectivity index (χ0) is 31.4. The van der Waals surface area contributed by atoms with Crippen molar-refractivity contribution in [2.24, 2.45) is 0 Å². The zero-order valence-corrected chi connectivity index (χ0v) is 25.1. The first-order chi connectivity index (χ1) is 21.9. The van der Waals surface area contributed by atoms with E-state index in [4.69, 9.17) is 9.72 Å². The Hall–Kier alpha value is -5.53. The molecule has 7 nitrogen and oxygen atoms in total. The maximum atomic E-state index is 12.8. The molecular weight excluding hydrogens is 562 g/mol. The fourth-order valence-electron chi connectivity index (χ4n) is 6.12. The molecule has 1 amide bonds. The first kappa shape index (κ1) is 29.5. The minimum atomic E-state index is -1.82. The summed E-state index contributed by atoms with van der Waals surface area (Å²) in [4.78, 5) is 29.8. The molecule has 0 saturated heterocycles. The largest absolute Gasteiger partial charge is 0.469 e. The highest BCUT2D eigenvalue weighted by atomic mass is 16.5. The molecule has 2 N–H and O–H groups in total. The topological polar surface area (TPSA) is 93.5 Å². The predicted octanol–water partition coefficient (Wildman–Crippen LogP) is 6.04. The summed E-state index contributed by atoms with van der Waals surface area (Å²) in [5.41, 5.74) is 1.63. The summed E-state index contributed by atoms with van der Waals surface area (Å²) in [5.74, 6) is -0.769. The smallest absolute Gasteiger partial charge is 0.309 e. The van der Waals surface area contributed by atoms with E-state index < -0.39 is 17.1 Å². The number of carbonyl (C=O) groups excluding carboxylic acids is 2. The average Bonchev–Trinajstić information content (AvgIpc) is 3.60. The number of aromatic nitrogens is 2. The highest BCUT2D eigenvalue weighted by molar-refractivity contribution is 5.98. The van der Waals surface area contributed by atoms with Crippen molar-refractivity contribution < 1.29 is 19.4 Å². The van der Waals surface area contributed by atoms with Gasteiger partial charge in [0.05, 0.1) is 25.6 Å². The Kier molecular flexibility index (Phi) is 8.02. The van der Waals surface area contributed by atoms with Gasteiger partial charge in [0.1, 0.15) is 11.1 Å². The number of imidazole rings is 1. The number of benzene rings is 5. The third-order valence-corrected chi connectivity index (χ3v) is 8.40. The maximum Gasteiger partial charge on any atom is 0.309 e. The number of rotatable bonds is 9. The summed E-state index contributed by atoms with van der Waals surface area (Å²) in [5, 5.41) is 16.7. The van der Waals surface area contributed by atoms with Gasteiger partial charge in [-0.2, -0.15) is 0 Å². The van der Waals surface area contributed by atoms with Crippen LogP contribution in [0.15, 0.2) is 140 Å². The van der Waals surface area contributed by atoms with Crippen LogP contribution in [-0.4, -0.2) is 40.7 Å². The molecule has 6 rings (SSSR count). The van der Waals surface area contributed by atoms with Crippen molar-refractivity contribution in [1.29, 1.82) is 0 Å². The van der Waals surface area contributed by atoms with Crippen LogP contribution in [0.4, 0.5) is 0 Å². The molecule has 0 bridgehead atoms. The number of hydrogen-bond donors (Lipinski definition) is 2. The van der Waals surface area contributed by atoms with Crippen LogP contribution in [0.3, 0.4) is 0 Å². The van der Waals surface area contributed by atoms with Gasteiger partial charge in [-0.05, 0) is 51.2 Å². The lowest BCUT2D eigenvalue weighted by Crippen LogP contribution is -2.37. The maximum absolute atomic E-state index is 12.8. The molecule has 45 heavy (non-hydrogen) atoms. The normalized spacial score (nSPS) is 12.8.